The lowest BCUT2D eigenvalue weighted by Gasteiger charge is -2.21. The second kappa shape index (κ2) is 53.0. The van der Waals surface area contributed by atoms with Crippen LogP contribution in [0.4, 0.5) is 102 Å². The number of rotatable bonds is 46. The van der Waals surface area contributed by atoms with Crippen molar-refractivity contribution >= 4 is 241 Å². The van der Waals surface area contributed by atoms with Gasteiger partial charge < -0.3 is 75.9 Å². The molecule has 0 amide bonds. The minimum absolute atomic E-state index is 0.00110. The minimum atomic E-state index is -3.72. The third kappa shape index (κ3) is 30.7. The number of nitrogens with zero attached hydrogens (tertiary/aromatic N) is 15. The van der Waals surface area contributed by atoms with Crippen LogP contribution in [0.15, 0.2) is 216 Å². The first-order valence-corrected chi connectivity index (χ1v) is 52.9. The lowest BCUT2D eigenvalue weighted by atomic mass is 10.2. The highest BCUT2D eigenvalue weighted by atomic mass is 35.5. The Balaban J connectivity index is 0.000000161. The Bertz CT molecular complexity index is 7360. The van der Waals surface area contributed by atoms with Crippen LogP contribution in [-0.2, 0) is 64.8 Å². The first kappa shape index (κ1) is 109. The van der Waals surface area contributed by atoms with Gasteiger partial charge in [-0.1, -0.05) is 104 Å². The van der Waals surface area contributed by atoms with Gasteiger partial charge in [0.2, 0.25) is 20.0 Å². The fourth-order valence-corrected chi connectivity index (χ4v) is 21.8. The molecular formula is C95H100Cl3F3N24O12S7. The average Bonchev–Trinajstić information content (AvgIpc) is 1.05. The Morgan fingerprint density at radius 3 is 1.07 bits per heavy atom. The third-order valence-electron chi connectivity index (χ3n) is 20.9. The molecular weight excluding hydrogens is 2060 g/mol. The van der Waals surface area contributed by atoms with E-state index in [9.17, 15) is 38.4 Å². The number of anilines is 16. The predicted octanol–water partition coefficient (Wildman–Crippen LogP) is 19.5. The maximum atomic E-state index is 13.5. The molecule has 0 atom stereocenters. The largest absolute Gasteiger partial charge is 0.385 e. The molecule has 9 N–H and O–H groups in total. The van der Waals surface area contributed by atoms with Crippen molar-refractivity contribution in [2.45, 2.75) is 45.7 Å². The Morgan fingerprint density at radius 2 is 0.722 bits per heavy atom. The summed E-state index contributed by atoms with van der Waals surface area (Å²) in [5.41, 5.74) is 9.50. The molecule has 36 nitrogen and oxygen atoms in total. The maximum absolute atomic E-state index is 13.5. The number of hydrogen-bond acceptors (Lipinski definition) is 38. The minimum Gasteiger partial charge on any atom is -0.385 e. The summed E-state index contributed by atoms with van der Waals surface area (Å²) in [6.45, 7) is 6.71. The number of benzene rings is 8. The molecule has 8 aromatic heterocycles. The van der Waals surface area contributed by atoms with E-state index in [1.165, 1.54) is 155 Å². The van der Waals surface area contributed by atoms with Crippen molar-refractivity contribution in [1.29, 1.82) is 0 Å². The second-order valence-corrected chi connectivity index (χ2v) is 42.5. The van der Waals surface area contributed by atoms with E-state index in [-0.39, 0.29) is 56.1 Å². The first-order chi connectivity index (χ1) is 69.5. The smallest absolute Gasteiger partial charge is 0.243 e. The molecule has 756 valence electrons. The van der Waals surface area contributed by atoms with E-state index < -0.39 is 52.6 Å². The molecule has 0 spiro atoms. The molecule has 0 unspecified atom stereocenters. The van der Waals surface area contributed by atoms with Crippen LogP contribution in [-0.4, -0.2) is 240 Å². The fraction of sp³-hybridized carbons (Fsp3) is 0.263. The van der Waals surface area contributed by atoms with Crippen molar-refractivity contribution < 1.29 is 66.8 Å². The van der Waals surface area contributed by atoms with Crippen molar-refractivity contribution in [3.63, 3.8) is 0 Å². The molecule has 144 heavy (non-hydrogen) atoms. The van der Waals surface area contributed by atoms with Crippen molar-refractivity contribution in [1.82, 2.24) is 78.6 Å². The molecule has 0 radical (unpaired) electrons. The average molecular weight is 2160 g/mol. The van der Waals surface area contributed by atoms with Gasteiger partial charge in [-0.25, -0.2) is 83.0 Å². The van der Waals surface area contributed by atoms with Crippen LogP contribution in [0.1, 0.15) is 30.4 Å². The van der Waals surface area contributed by atoms with Gasteiger partial charge in [0.15, 0.2) is 76.2 Å². The zero-order valence-electron chi connectivity index (χ0n) is 78.8. The van der Waals surface area contributed by atoms with Gasteiger partial charge in [0.25, 0.3) is 0 Å². The zero-order chi connectivity index (χ0) is 102. The monoisotopic (exact) mass is 2150 g/mol. The summed E-state index contributed by atoms with van der Waals surface area (Å²) < 4.78 is 156. The number of terminal acetylenes is 1. The summed E-state index contributed by atoms with van der Waals surface area (Å²) in [7, 11) is 2.62. The van der Waals surface area contributed by atoms with E-state index in [1.54, 1.807) is 95.2 Å². The SMILES string of the molecule is C#Cc1cccc(Nc2ncnc3nc(Nc4ccc(S(=O)(=O)C(CCOC)CCOC)cc4)sc23)c1.CN(C)CCCNS(=O)(=O)c1ccc(Nc2nc3ncnc(Nc4ccc(F)c(Cl)c4)c3s2)cc1.COCCN(CCOC)Cc1ccc(Nc2nc3ncnc(Nc4ccc(F)c(Cl)c4)c3s2)cc1.COCCN(CCOC)S(=O)(=O)c1ccc(Nc2nc3ncnc(Nc4ccc(F)c(Cl)c4)c3s2)cc1. The quantitative estimate of drug-likeness (QED) is 0.0126. The lowest BCUT2D eigenvalue weighted by molar-refractivity contribution is 0.110. The van der Waals surface area contributed by atoms with E-state index >= 15 is 0 Å². The van der Waals surface area contributed by atoms with Crippen LogP contribution < -0.4 is 47.3 Å². The van der Waals surface area contributed by atoms with Crippen LogP contribution >= 0.6 is 80.1 Å². The molecule has 49 heteroatoms. The molecule has 8 heterocycles. The van der Waals surface area contributed by atoms with E-state index in [1.807, 2.05) is 55.4 Å². The summed E-state index contributed by atoms with van der Waals surface area (Å²) >= 11 is 23.1. The molecule has 0 aliphatic carbocycles. The lowest BCUT2D eigenvalue weighted by Crippen LogP contribution is -2.36. The van der Waals surface area contributed by atoms with Gasteiger partial charge in [-0.15, -0.1) is 6.42 Å². The Kier molecular flexibility index (Phi) is 40.1. The van der Waals surface area contributed by atoms with Crippen LogP contribution in [0.25, 0.3) is 41.4 Å². The summed E-state index contributed by atoms with van der Waals surface area (Å²) in [5, 5.41) is 27.4. The second-order valence-electron chi connectivity index (χ2n) is 31.4. The number of sulfone groups is 1. The number of ether oxygens (including phenoxy) is 6. The van der Waals surface area contributed by atoms with Crippen molar-refractivity contribution in [2.75, 3.05) is 178 Å². The maximum Gasteiger partial charge on any atom is 0.243 e. The number of aromatic nitrogens is 12. The zero-order valence-corrected chi connectivity index (χ0v) is 86.7. The number of nitrogens with one attached hydrogen (secondary N) is 9. The molecule has 0 aliphatic rings. The van der Waals surface area contributed by atoms with Crippen molar-refractivity contribution in [3.05, 3.63) is 245 Å². The van der Waals surface area contributed by atoms with Gasteiger partial charge in [0.1, 0.15) is 61.6 Å². The van der Waals surface area contributed by atoms with Gasteiger partial charge in [0.05, 0.1) is 61.4 Å². The number of methoxy groups -OCH3 is 6. The van der Waals surface area contributed by atoms with Gasteiger partial charge in [-0.3, -0.25) is 4.90 Å². The third-order valence-corrected chi connectivity index (χ3v) is 31.3. The first-order valence-electron chi connectivity index (χ1n) is 44.0. The molecule has 0 saturated carbocycles. The standard InChI is InChI=1S/C26H27N5O4S2.C24H26ClFN6O2S.C23H24ClFN6O4S2.C22H23ClFN7O2S2/c1-4-18-6-5-7-20(16-18)29-24-23-25(28-17-27-24)31-26(36-23)30-19-8-10-21(11-9-19)37(32,33)22(12-14-34-2)13-15-35-3;1-33-11-9-32(10-12-34-2)14-16-3-5-17(6-4-16)30-24-31-23-21(35-24)22(27-15-28-23)29-18-7-8-20(26)19(25)13-18;1-34-11-9-31(10-12-35-2)37(32,33)17-6-3-15(4-7-17)29-23-30-22-20(36-23)21(26-14-27-22)28-16-5-8-19(25)18(24)13-16;1-31(2)11-3-10-27-35(32,33)16-7-4-14(5-8-16)29-22-30-21-19(34-22)20(25-13-26-21)28-15-6-9-18(24)17(23)12-15/h1,5-11,16-17,22H,12-15H2,2-3H3,(H2,27,28,29,30,31);3-8,13,15H,9-12,14H2,1-2H3,(H2,27,28,29,30,31);3-8,13-14H,9-12H2,1-2H3,(H2,26,27,28,29,30);4-9,12-13,27H,3,10-11H2,1-2H3,(H2,25,26,28,29,30). The van der Waals surface area contributed by atoms with Crippen LogP contribution in [0.2, 0.25) is 15.1 Å². The molecule has 16 rings (SSSR count). The Labute approximate surface area is 860 Å². The number of sulfonamides is 2. The molecule has 16 aromatic rings. The fourth-order valence-electron chi connectivity index (χ4n) is 13.6. The van der Waals surface area contributed by atoms with Gasteiger partial charge >= 0.3 is 0 Å². The molecule has 0 aliphatic heterocycles. The van der Waals surface area contributed by atoms with Crippen LogP contribution in [0.3, 0.4) is 0 Å². The highest BCUT2D eigenvalue weighted by Gasteiger charge is 2.29. The number of hydrogen-bond donors (Lipinski definition) is 9. The topological polar surface area (TPSA) is 430 Å². The normalized spacial score (nSPS) is 11.6. The summed E-state index contributed by atoms with van der Waals surface area (Å²) in [6.07, 6.45) is 12.7. The van der Waals surface area contributed by atoms with E-state index in [4.69, 9.17) is 69.6 Å². The number of thiazole rings is 4. The van der Waals surface area contributed by atoms with E-state index in [2.05, 4.69) is 130 Å². The van der Waals surface area contributed by atoms with Crippen molar-refractivity contribution in [3.8, 4) is 12.3 Å². The summed E-state index contributed by atoms with van der Waals surface area (Å²) in [5.74, 6) is 3.31. The molecule has 0 bridgehead atoms. The Morgan fingerprint density at radius 1 is 0.389 bits per heavy atom. The summed E-state index contributed by atoms with van der Waals surface area (Å²) in [6, 6.07) is 48.2. The van der Waals surface area contributed by atoms with Gasteiger partial charge in [0, 0.05) is 146 Å². The van der Waals surface area contributed by atoms with Crippen LogP contribution in [0, 0.1) is 29.8 Å². The van der Waals surface area contributed by atoms with Gasteiger partial charge in [-0.2, -0.15) is 24.2 Å². The van der Waals surface area contributed by atoms with Crippen LogP contribution in [0.5, 0.6) is 0 Å². The number of halogens is 6. The number of fused-ring (bicyclic) bond motifs is 4. The van der Waals surface area contributed by atoms with Crippen molar-refractivity contribution in [2.24, 2.45) is 0 Å². The molecule has 0 fully saturated rings. The van der Waals surface area contributed by atoms with Gasteiger partial charge in [-0.05, 0) is 203 Å². The summed E-state index contributed by atoms with van der Waals surface area (Å²) in [4.78, 5) is 57.1. The predicted molar refractivity (Wildman–Crippen MR) is 565 cm³/mol. The molecule has 8 aromatic carbocycles. The van der Waals surface area contributed by atoms with E-state index in [0.29, 0.717) is 156 Å². The molecule has 0 saturated heterocycles. The highest BCUT2D eigenvalue weighted by molar-refractivity contribution is 7.92. The van der Waals surface area contributed by atoms with E-state index in [0.717, 1.165) is 58.9 Å². The Hall–Kier alpha value is -12.3. The highest BCUT2D eigenvalue weighted by Crippen LogP contribution is 2.40.